The van der Waals surface area contributed by atoms with Crippen LogP contribution in [0.15, 0.2) is 42.6 Å². The molecule has 2 aromatic carbocycles. The summed E-state index contributed by atoms with van der Waals surface area (Å²) in [6.45, 7) is 4.88. The Hall–Kier alpha value is -3.83. The molecule has 1 spiro atoms. The van der Waals surface area contributed by atoms with E-state index in [1.54, 1.807) is 12.0 Å². The fourth-order valence-electron chi connectivity index (χ4n) is 7.59. The van der Waals surface area contributed by atoms with E-state index in [-0.39, 0.29) is 35.6 Å². The van der Waals surface area contributed by atoms with Gasteiger partial charge in [-0.25, -0.2) is 0 Å². The molecule has 3 heterocycles. The van der Waals surface area contributed by atoms with Crippen molar-refractivity contribution in [2.45, 2.75) is 58.0 Å². The van der Waals surface area contributed by atoms with Crippen LogP contribution in [0.3, 0.4) is 0 Å². The van der Waals surface area contributed by atoms with Gasteiger partial charge >= 0.3 is 5.97 Å². The Balaban J connectivity index is 1.26. The van der Waals surface area contributed by atoms with Crippen molar-refractivity contribution >= 4 is 22.8 Å². The van der Waals surface area contributed by atoms with Crippen molar-refractivity contribution in [1.29, 1.82) is 5.26 Å². The number of carboxylic acid groups (broad SMARTS) is 1. The number of ether oxygens (including phenoxy) is 1. The van der Waals surface area contributed by atoms with Crippen LogP contribution in [0.2, 0.25) is 0 Å². The monoisotopic (exact) mass is 554 g/mol. The quantitative estimate of drug-likeness (QED) is 0.389. The number of hydrogen-bond acceptors (Lipinski definition) is 5. The van der Waals surface area contributed by atoms with Crippen LogP contribution in [0, 0.1) is 35.5 Å². The van der Waals surface area contributed by atoms with Crippen LogP contribution >= 0.6 is 0 Å². The number of H-pyrrole nitrogens is 1. The summed E-state index contributed by atoms with van der Waals surface area (Å²) < 4.78 is 5.86. The predicted molar refractivity (Wildman–Crippen MR) is 155 cm³/mol. The number of aliphatic carboxylic acids is 1. The second kappa shape index (κ2) is 10.9. The average molecular weight is 555 g/mol. The minimum atomic E-state index is -0.809. The van der Waals surface area contributed by atoms with Gasteiger partial charge in [0.15, 0.2) is 0 Å². The van der Waals surface area contributed by atoms with E-state index in [0.717, 1.165) is 62.0 Å². The van der Waals surface area contributed by atoms with Crippen LogP contribution in [-0.2, 0) is 11.3 Å². The van der Waals surface area contributed by atoms with Crippen LogP contribution in [0.5, 0.6) is 5.75 Å². The molecule has 8 nitrogen and oxygen atoms in total. The van der Waals surface area contributed by atoms with E-state index in [0.29, 0.717) is 18.7 Å². The maximum Gasteiger partial charge on any atom is 0.303 e. The van der Waals surface area contributed by atoms with Gasteiger partial charge in [0, 0.05) is 66.2 Å². The number of amides is 1. The summed E-state index contributed by atoms with van der Waals surface area (Å²) in [5.41, 5.74) is 5.50. The summed E-state index contributed by atoms with van der Waals surface area (Å²) in [5.74, 6) is 0.236. The number of aromatic nitrogens is 1. The zero-order valence-electron chi connectivity index (χ0n) is 23.9. The molecule has 1 aromatic heterocycles. The highest BCUT2D eigenvalue weighted by Crippen LogP contribution is 2.57. The van der Waals surface area contributed by atoms with Crippen molar-refractivity contribution in [2.75, 3.05) is 26.7 Å². The molecular formula is C33H38N4O4. The molecule has 2 saturated heterocycles. The molecule has 3 aromatic rings. The van der Waals surface area contributed by atoms with Gasteiger partial charge in [0.05, 0.1) is 13.2 Å². The van der Waals surface area contributed by atoms with Crippen LogP contribution < -0.4 is 4.74 Å². The normalized spacial score (nSPS) is 26.2. The topological polar surface area (TPSA) is 110 Å². The first-order valence-corrected chi connectivity index (χ1v) is 14.7. The van der Waals surface area contributed by atoms with E-state index in [4.69, 9.17) is 9.84 Å². The number of piperidine rings is 1. The number of aromatic amines is 1. The molecule has 0 bridgehead atoms. The Morgan fingerprint density at radius 3 is 2.66 bits per heavy atom. The third kappa shape index (κ3) is 5.19. The van der Waals surface area contributed by atoms with Crippen molar-refractivity contribution in [3.05, 3.63) is 64.8 Å². The number of nitrogens with zero attached hydrogens (tertiary/aromatic N) is 3. The molecule has 2 unspecified atom stereocenters. The predicted octanol–water partition coefficient (Wildman–Crippen LogP) is 5.68. The molecule has 3 fully saturated rings. The van der Waals surface area contributed by atoms with Gasteiger partial charge in [-0.05, 0) is 92.3 Å². The Morgan fingerprint density at radius 2 is 1.95 bits per heavy atom. The summed E-state index contributed by atoms with van der Waals surface area (Å²) in [4.78, 5) is 32.0. The van der Waals surface area contributed by atoms with Gasteiger partial charge < -0.3 is 19.7 Å². The Kier molecular flexibility index (Phi) is 7.25. The van der Waals surface area contributed by atoms with Crippen molar-refractivity contribution in [3.8, 4) is 11.8 Å². The van der Waals surface area contributed by atoms with Gasteiger partial charge in [-0.1, -0.05) is 12.1 Å². The largest absolute Gasteiger partial charge is 0.496 e. The zero-order valence-corrected chi connectivity index (χ0v) is 23.9. The van der Waals surface area contributed by atoms with Crippen LogP contribution in [0.25, 0.3) is 10.9 Å². The lowest BCUT2D eigenvalue weighted by Gasteiger charge is -2.53. The van der Waals surface area contributed by atoms with Crippen molar-refractivity contribution in [3.63, 3.8) is 0 Å². The highest BCUT2D eigenvalue weighted by atomic mass is 16.5. The molecule has 214 valence electrons. The van der Waals surface area contributed by atoms with Crippen molar-refractivity contribution < 1.29 is 19.4 Å². The molecule has 1 aliphatic carbocycles. The number of nitriles is 1. The first-order valence-electron chi connectivity index (χ1n) is 14.7. The molecule has 3 aliphatic rings. The Labute approximate surface area is 240 Å². The van der Waals surface area contributed by atoms with Gasteiger partial charge in [-0.15, -0.1) is 0 Å². The zero-order chi connectivity index (χ0) is 28.7. The lowest BCUT2D eigenvalue weighted by Crippen LogP contribution is -2.48. The Bertz CT molecular complexity index is 1500. The molecular weight excluding hydrogens is 516 g/mol. The van der Waals surface area contributed by atoms with Gasteiger partial charge in [-0.2, -0.15) is 5.26 Å². The molecule has 41 heavy (non-hydrogen) atoms. The minimum absolute atomic E-state index is 0.0210. The fraction of sp³-hybridized carbons (Fsp3) is 0.485. The third-order valence-electron chi connectivity index (χ3n) is 9.81. The lowest BCUT2D eigenvalue weighted by molar-refractivity contribution is -0.138. The molecule has 2 atom stereocenters. The van der Waals surface area contributed by atoms with Crippen molar-refractivity contribution in [1.82, 2.24) is 14.8 Å². The number of carbonyl (C=O) groups is 2. The van der Waals surface area contributed by atoms with E-state index in [1.807, 2.05) is 18.3 Å². The number of fused-ring (bicyclic) bond motifs is 1. The number of carboxylic acids is 1. The molecule has 0 radical (unpaired) electrons. The highest BCUT2D eigenvalue weighted by Gasteiger charge is 2.49. The maximum absolute atomic E-state index is 13.2. The molecule has 1 amide bonds. The minimum Gasteiger partial charge on any atom is -0.496 e. The van der Waals surface area contributed by atoms with Gasteiger partial charge in [0.1, 0.15) is 5.75 Å². The second-order valence-corrected chi connectivity index (χ2v) is 12.4. The molecule has 1 saturated carbocycles. The van der Waals surface area contributed by atoms with E-state index in [1.165, 1.54) is 16.5 Å². The van der Waals surface area contributed by atoms with E-state index in [2.05, 4.69) is 47.1 Å². The summed E-state index contributed by atoms with van der Waals surface area (Å²) in [6.07, 6.45) is 6.83. The van der Waals surface area contributed by atoms with E-state index < -0.39 is 5.97 Å². The maximum atomic E-state index is 13.2. The number of methoxy groups -OCH3 is 1. The number of aryl methyl sites for hydroxylation is 1. The number of carbonyl (C=O) groups excluding carboxylic acids is 1. The lowest BCUT2D eigenvalue weighted by atomic mass is 9.56. The second-order valence-electron chi connectivity index (χ2n) is 12.4. The van der Waals surface area contributed by atoms with Crippen LogP contribution in [0.1, 0.15) is 71.6 Å². The third-order valence-corrected chi connectivity index (χ3v) is 9.81. The SMILES string of the molecule is COc1cc(C)c2[nH]ccc2c1CN1CCC2(CC(C#N)C2)CC1c1ccc(C(=O)N2CCC(CC(=O)O)C2)cc1. The number of rotatable bonds is 7. The summed E-state index contributed by atoms with van der Waals surface area (Å²) in [6, 6.07) is 14.9. The molecule has 8 heteroatoms. The van der Waals surface area contributed by atoms with Crippen LogP contribution in [0.4, 0.5) is 0 Å². The molecule has 2 aliphatic heterocycles. The van der Waals surface area contributed by atoms with Crippen molar-refractivity contribution in [2.24, 2.45) is 17.3 Å². The molecule has 6 rings (SSSR count). The average Bonchev–Trinajstić information content (AvgIpc) is 3.63. The van der Waals surface area contributed by atoms with Gasteiger partial charge in [0.25, 0.3) is 5.91 Å². The van der Waals surface area contributed by atoms with Crippen LogP contribution in [-0.4, -0.2) is 58.5 Å². The fourth-order valence-corrected chi connectivity index (χ4v) is 7.59. The molecule has 2 N–H and O–H groups in total. The van der Waals surface area contributed by atoms with Gasteiger partial charge in [0.2, 0.25) is 0 Å². The summed E-state index contributed by atoms with van der Waals surface area (Å²) >= 11 is 0. The number of likely N-dealkylation sites (tertiary alicyclic amines) is 2. The highest BCUT2D eigenvalue weighted by molar-refractivity contribution is 5.94. The number of hydrogen-bond donors (Lipinski definition) is 2. The first-order chi connectivity index (χ1) is 19.8. The first kappa shape index (κ1) is 27.3. The standard InChI is InChI=1S/C33H38N4O4/c1-21-13-29(41-2)27(26-7-10-35-31(21)26)20-36-12-9-33(15-23(16-33)18-34)17-28(36)24-3-5-25(6-4-24)32(40)37-11-8-22(19-37)14-30(38)39/h3-7,10,13,22-23,28,35H,8-9,11-12,14-17,19-20H2,1-2H3,(H,38,39). The summed E-state index contributed by atoms with van der Waals surface area (Å²) in [5, 5.41) is 19.8. The van der Waals surface area contributed by atoms with E-state index in [9.17, 15) is 14.9 Å². The Morgan fingerprint density at radius 1 is 1.17 bits per heavy atom. The summed E-state index contributed by atoms with van der Waals surface area (Å²) in [7, 11) is 1.73. The van der Waals surface area contributed by atoms with Gasteiger partial charge in [-0.3, -0.25) is 14.5 Å². The van der Waals surface area contributed by atoms with E-state index >= 15 is 0 Å². The number of nitrogens with one attached hydrogen (secondary N) is 1. The number of benzene rings is 2. The smallest absolute Gasteiger partial charge is 0.303 e.